The van der Waals surface area contributed by atoms with Crippen LogP contribution in [0.2, 0.25) is 0 Å². The molecular formula is C13H18FN3O3. The predicted molar refractivity (Wildman–Crippen MR) is 73.4 cm³/mol. The summed E-state index contributed by atoms with van der Waals surface area (Å²) in [6, 6.07) is 3.36. The van der Waals surface area contributed by atoms with Crippen LogP contribution in [0.1, 0.15) is 12.8 Å². The third-order valence-corrected chi connectivity index (χ3v) is 3.21. The molecular weight excluding hydrogens is 265 g/mol. The van der Waals surface area contributed by atoms with Crippen LogP contribution in [-0.4, -0.2) is 37.3 Å². The lowest BCUT2D eigenvalue weighted by atomic mass is 10.1. The van der Waals surface area contributed by atoms with Crippen molar-refractivity contribution in [2.45, 2.75) is 18.9 Å². The molecule has 0 saturated carbocycles. The zero-order chi connectivity index (χ0) is 14.4. The molecule has 1 aromatic rings. The molecule has 0 amide bonds. The van der Waals surface area contributed by atoms with Gasteiger partial charge in [0.15, 0.2) is 0 Å². The van der Waals surface area contributed by atoms with E-state index in [-0.39, 0.29) is 17.5 Å². The zero-order valence-corrected chi connectivity index (χ0v) is 11.1. The Kier molecular flexibility index (Phi) is 5.25. The zero-order valence-electron chi connectivity index (χ0n) is 11.1. The molecule has 0 aromatic heterocycles. The van der Waals surface area contributed by atoms with Crippen molar-refractivity contribution in [1.29, 1.82) is 0 Å². The van der Waals surface area contributed by atoms with Crippen molar-refractivity contribution in [1.82, 2.24) is 5.32 Å². The summed E-state index contributed by atoms with van der Waals surface area (Å²) in [5.41, 5.74) is 0.0529. The molecule has 1 saturated heterocycles. The number of hydrogen-bond acceptors (Lipinski definition) is 5. The fourth-order valence-electron chi connectivity index (χ4n) is 2.18. The van der Waals surface area contributed by atoms with Crippen LogP contribution in [0.25, 0.3) is 0 Å². The number of nitro groups is 1. The lowest BCUT2D eigenvalue weighted by molar-refractivity contribution is -0.384. The monoisotopic (exact) mass is 283 g/mol. The molecule has 6 nitrogen and oxygen atoms in total. The van der Waals surface area contributed by atoms with Crippen molar-refractivity contribution in [2.24, 2.45) is 0 Å². The van der Waals surface area contributed by atoms with Crippen LogP contribution in [0, 0.1) is 15.9 Å². The highest BCUT2D eigenvalue weighted by Crippen LogP contribution is 2.24. The lowest BCUT2D eigenvalue weighted by Gasteiger charge is -2.23. The van der Waals surface area contributed by atoms with Crippen molar-refractivity contribution in [3.8, 4) is 0 Å². The van der Waals surface area contributed by atoms with E-state index in [1.54, 1.807) is 0 Å². The summed E-state index contributed by atoms with van der Waals surface area (Å²) in [5, 5.41) is 16.9. The molecule has 2 N–H and O–H groups in total. The number of piperidine rings is 1. The summed E-state index contributed by atoms with van der Waals surface area (Å²) < 4.78 is 18.8. The molecule has 20 heavy (non-hydrogen) atoms. The summed E-state index contributed by atoms with van der Waals surface area (Å²) in [6.07, 6.45) is 2.18. The molecule has 0 unspecified atom stereocenters. The molecule has 7 heteroatoms. The van der Waals surface area contributed by atoms with Gasteiger partial charge in [-0.15, -0.1) is 0 Å². The first-order chi connectivity index (χ1) is 9.66. The minimum Gasteiger partial charge on any atom is -0.377 e. The fraction of sp³-hybridized carbons (Fsp3) is 0.538. The van der Waals surface area contributed by atoms with E-state index in [0.717, 1.165) is 44.1 Å². The summed E-state index contributed by atoms with van der Waals surface area (Å²) in [6.45, 7) is 2.76. The number of anilines is 1. The van der Waals surface area contributed by atoms with Gasteiger partial charge < -0.3 is 15.4 Å². The van der Waals surface area contributed by atoms with Crippen molar-refractivity contribution in [3.63, 3.8) is 0 Å². The van der Waals surface area contributed by atoms with E-state index < -0.39 is 10.7 Å². The Morgan fingerprint density at radius 2 is 2.20 bits per heavy atom. The summed E-state index contributed by atoms with van der Waals surface area (Å²) >= 11 is 0. The van der Waals surface area contributed by atoms with E-state index >= 15 is 0 Å². The van der Waals surface area contributed by atoms with Crippen LogP contribution in [0.4, 0.5) is 15.8 Å². The topological polar surface area (TPSA) is 76.4 Å². The number of ether oxygens (including phenoxy) is 1. The number of nitrogens with zero attached hydrogens (tertiary/aromatic N) is 1. The van der Waals surface area contributed by atoms with Gasteiger partial charge in [0.05, 0.1) is 17.6 Å². The average molecular weight is 283 g/mol. The van der Waals surface area contributed by atoms with Crippen molar-refractivity contribution in [2.75, 3.05) is 31.6 Å². The molecule has 1 aromatic carbocycles. The molecule has 0 atom stereocenters. The van der Waals surface area contributed by atoms with Gasteiger partial charge >= 0.3 is 0 Å². The van der Waals surface area contributed by atoms with E-state index in [4.69, 9.17) is 4.74 Å². The maximum absolute atomic E-state index is 13.1. The maximum Gasteiger partial charge on any atom is 0.292 e. The number of nitrogens with one attached hydrogen (secondary N) is 2. The summed E-state index contributed by atoms with van der Waals surface area (Å²) in [5.74, 6) is -0.502. The van der Waals surface area contributed by atoms with Gasteiger partial charge in [0, 0.05) is 18.7 Å². The van der Waals surface area contributed by atoms with Crippen LogP contribution >= 0.6 is 0 Å². The van der Waals surface area contributed by atoms with E-state index in [1.165, 1.54) is 0 Å². The molecule has 110 valence electrons. The van der Waals surface area contributed by atoms with Crippen LogP contribution in [0.5, 0.6) is 0 Å². The van der Waals surface area contributed by atoms with Crippen LogP contribution in [0.3, 0.4) is 0 Å². The quantitative estimate of drug-likeness (QED) is 0.474. The highest BCUT2D eigenvalue weighted by Gasteiger charge is 2.15. The van der Waals surface area contributed by atoms with Crippen LogP contribution in [-0.2, 0) is 4.74 Å². The third kappa shape index (κ3) is 4.14. The average Bonchev–Trinajstić information content (AvgIpc) is 2.44. The first kappa shape index (κ1) is 14.7. The standard InChI is InChI=1S/C13H18FN3O3/c14-10-1-2-13(17(18)19)12(9-10)16-7-8-20-11-3-5-15-6-4-11/h1-2,9,11,15-16H,3-8H2. The molecule has 0 bridgehead atoms. The number of halogens is 1. The van der Waals surface area contributed by atoms with Crippen molar-refractivity contribution < 1.29 is 14.1 Å². The molecule has 1 fully saturated rings. The Bertz CT molecular complexity index is 464. The highest BCUT2D eigenvalue weighted by molar-refractivity contribution is 5.61. The largest absolute Gasteiger partial charge is 0.377 e. The van der Waals surface area contributed by atoms with Gasteiger partial charge in [-0.05, 0) is 32.0 Å². The van der Waals surface area contributed by atoms with Crippen molar-refractivity contribution in [3.05, 3.63) is 34.1 Å². The molecule has 1 aliphatic rings. The molecule has 1 aliphatic heterocycles. The molecule has 2 rings (SSSR count). The van der Waals surface area contributed by atoms with Crippen LogP contribution in [0.15, 0.2) is 18.2 Å². The molecule has 0 radical (unpaired) electrons. The Labute approximate surface area is 116 Å². The number of rotatable bonds is 6. The smallest absolute Gasteiger partial charge is 0.292 e. The van der Waals surface area contributed by atoms with E-state index in [0.29, 0.717) is 13.2 Å². The second kappa shape index (κ2) is 7.16. The minimum absolute atomic E-state index is 0.131. The first-order valence-corrected chi connectivity index (χ1v) is 6.67. The van der Waals surface area contributed by atoms with Gasteiger partial charge in [-0.2, -0.15) is 0 Å². The van der Waals surface area contributed by atoms with Gasteiger partial charge in [-0.3, -0.25) is 10.1 Å². The van der Waals surface area contributed by atoms with Crippen molar-refractivity contribution >= 4 is 11.4 Å². The Morgan fingerprint density at radius 3 is 2.90 bits per heavy atom. The van der Waals surface area contributed by atoms with Crippen LogP contribution < -0.4 is 10.6 Å². The predicted octanol–water partition coefficient (Wildman–Crippen LogP) is 1.91. The van der Waals surface area contributed by atoms with Gasteiger partial charge in [0.25, 0.3) is 5.69 Å². The van der Waals surface area contributed by atoms with Gasteiger partial charge in [0.1, 0.15) is 11.5 Å². The lowest BCUT2D eigenvalue weighted by Crippen LogP contribution is -2.33. The fourth-order valence-corrected chi connectivity index (χ4v) is 2.18. The SMILES string of the molecule is O=[N+]([O-])c1ccc(F)cc1NCCOC1CCNCC1. The van der Waals surface area contributed by atoms with E-state index in [2.05, 4.69) is 10.6 Å². The van der Waals surface area contributed by atoms with E-state index in [1.807, 2.05) is 0 Å². The highest BCUT2D eigenvalue weighted by atomic mass is 19.1. The Balaban J connectivity index is 1.81. The molecule has 0 spiro atoms. The second-order valence-corrected chi connectivity index (χ2v) is 4.67. The number of hydrogen-bond donors (Lipinski definition) is 2. The molecule has 1 heterocycles. The van der Waals surface area contributed by atoms with E-state index in [9.17, 15) is 14.5 Å². The number of nitro benzene ring substituents is 1. The first-order valence-electron chi connectivity index (χ1n) is 6.67. The van der Waals surface area contributed by atoms with Gasteiger partial charge in [-0.1, -0.05) is 0 Å². The summed E-state index contributed by atoms with van der Waals surface area (Å²) in [4.78, 5) is 10.3. The molecule has 0 aliphatic carbocycles. The second-order valence-electron chi connectivity index (χ2n) is 4.67. The summed E-state index contributed by atoms with van der Waals surface area (Å²) in [7, 11) is 0. The maximum atomic E-state index is 13.1. The normalized spacial score (nSPS) is 16.1. The minimum atomic E-state index is -0.532. The Morgan fingerprint density at radius 1 is 1.45 bits per heavy atom. The number of benzene rings is 1. The Hall–Kier alpha value is -1.73. The third-order valence-electron chi connectivity index (χ3n) is 3.21. The van der Waals surface area contributed by atoms with Gasteiger partial charge in [-0.25, -0.2) is 4.39 Å². The van der Waals surface area contributed by atoms with Gasteiger partial charge in [0.2, 0.25) is 0 Å².